The van der Waals surface area contributed by atoms with Crippen LogP contribution in [0, 0.1) is 10.1 Å². The number of phenolic OH excluding ortho intramolecular Hbond substituents is 2. The largest absolute Gasteiger partial charge is 0.508 e. The standard InChI is InChI=1S/C13H7Br3N2O4/c14-7-1-6(13(20)11(2-7)18(21)22)5-17-12-9(15)3-8(19)4-10(12)16/h1-5,19-20H. The summed E-state index contributed by atoms with van der Waals surface area (Å²) in [5.41, 5.74) is 0.243. The molecule has 114 valence electrons. The van der Waals surface area contributed by atoms with Crippen LogP contribution in [0.15, 0.2) is 42.7 Å². The Balaban J connectivity index is 2.50. The van der Waals surface area contributed by atoms with Gasteiger partial charge in [0.2, 0.25) is 5.75 Å². The minimum atomic E-state index is -0.677. The average Bonchev–Trinajstić information content (AvgIpc) is 2.40. The van der Waals surface area contributed by atoms with Crippen LogP contribution in [0.3, 0.4) is 0 Å². The van der Waals surface area contributed by atoms with E-state index in [-0.39, 0.29) is 11.3 Å². The Morgan fingerprint density at radius 1 is 1.09 bits per heavy atom. The second-order valence-electron chi connectivity index (χ2n) is 4.14. The molecular formula is C13H7Br3N2O4. The van der Waals surface area contributed by atoms with Gasteiger partial charge in [-0.1, -0.05) is 15.9 Å². The fourth-order valence-electron chi connectivity index (χ4n) is 1.65. The molecule has 0 unspecified atom stereocenters. The Bertz CT molecular complexity index is 770. The van der Waals surface area contributed by atoms with Crippen molar-refractivity contribution in [2.75, 3.05) is 0 Å². The molecule has 2 aromatic carbocycles. The molecule has 6 nitrogen and oxygen atoms in total. The number of phenols is 2. The Hall–Kier alpha value is -1.45. The van der Waals surface area contributed by atoms with Crippen LogP contribution in [0.4, 0.5) is 11.4 Å². The second kappa shape index (κ2) is 6.76. The predicted molar refractivity (Wildman–Crippen MR) is 93.2 cm³/mol. The highest BCUT2D eigenvalue weighted by Crippen LogP contribution is 2.38. The van der Waals surface area contributed by atoms with Crippen molar-refractivity contribution in [2.45, 2.75) is 0 Å². The molecule has 2 rings (SSSR count). The molecule has 0 heterocycles. The van der Waals surface area contributed by atoms with E-state index in [1.807, 2.05) is 0 Å². The molecule has 2 aromatic rings. The lowest BCUT2D eigenvalue weighted by Crippen LogP contribution is -1.92. The van der Waals surface area contributed by atoms with Crippen LogP contribution in [0.5, 0.6) is 11.5 Å². The number of hydrogen-bond donors (Lipinski definition) is 2. The van der Waals surface area contributed by atoms with Crippen LogP contribution in [0.1, 0.15) is 5.56 Å². The van der Waals surface area contributed by atoms with E-state index >= 15 is 0 Å². The summed E-state index contributed by atoms with van der Waals surface area (Å²) < 4.78 is 1.50. The summed E-state index contributed by atoms with van der Waals surface area (Å²) in [4.78, 5) is 14.4. The third kappa shape index (κ3) is 3.65. The number of rotatable bonds is 3. The molecule has 0 aliphatic heterocycles. The second-order valence-corrected chi connectivity index (χ2v) is 6.76. The molecule has 0 bridgehead atoms. The van der Waals surface area contributed by atoms with Crippen LogP contribution in [-0.2, 0) is 0 Å². The van der Waals surface area contributed by atoms with E-state index in [0.29, 0.717) is 19.1 Å². The monoisotopic (exact) mass is 492 g/mol. The van der Waals surface area contributed by atoms with Gasteiger partial charge < -0.3 is 10.2 Å². The molecule has 0 aromatic heterocycles. The highest BCUT2D eigenvalue weighted by atomic mass is 79.9. The molecule has 0 amide bonds. The van der Waals surface area contributed by atoms with Gasteiger partial charge in [-0.2, -0.15) is 0 Å². The number of aliphatic imine (C=N–C) groups is 1. The van der Waals surface area contributed by atoms with E-state index < -0.39 is 16.4 Å². The smallest absolute Gasteiger partial charge is 0.312 e. The molecule has 2 N–H and O–H groups in total. The summed E-state index contributed by atoms with van der Waals surface area (Å²) in [5, 5.41) is 30.3. The molecular weight excluding hydrogens is 488 g/mol. The van der Waals surface area contributed by atoms with Gasteiger partial charge >= 0.3 is 5.69 Å². The average molecular weight is 495 g/mol. The fourth-order valence-corrected chi connectivity index (χ4v) is 3.48. The van der Waals surface area contributed by atoms with Gasteiger partial charge in [-0.15, -0.1) is 0 Å². The van der Waals surface area contributed by atoms with Gasteiger partial charge in [0.15, 0.2) is 0 Å². The minimum absolute atomic E-state index is 0.0543. The molecule has 0 aliphatic carbocycles. The van der Waals surface area contributed by atoms with Crippen molar-refractivity contribution in [3.05, 3.63) is 53.4 Å². The van der Waals surface area contributed by atoms with E-state index in [4.69, 9.17) is 0 Å². The number of hydrogen-bond acceptors (Lipinski definition) is 5. The fraction of sp³-hybridized carbons (Fsp3) is 0. The Kier molecular flexibility index (Phi) is 5.20. The highest BCUT2D eigenvalue weighted by Gasteiger charge is 2.17. The summed E-state index contributed by atoms with van der Waals surface area (Å²) in [6, 6.07) is 5.63. The van der Waals surface area contributed by atoms with Crippen molar-refractivity contribution >= 4 is 65.4 Å². The molecule has 0 saturated carbocycles. The van der Waals surface area contributed by atoms with Crippen molar-refractivity contribution in [1.29, 1.82) is 0 Å². The first-order valence-electron chi connectivity index (χ1n) is 5.68. The van der Waals surface area contributed by atoms with Gasteiger partial charge in [-0.3, -0.25) is 15.1 Å². The third-order valence-corrected chi connectivity index (χ3v) is 4.28. The number of nitro groups is 1. The SMILES string of the molecule is O=[N+]([O-])c1cc(Br)cc(C=Nc2c(Br)cc(O)cc2Br)c1O. The molecule has 9 heteroatoms. The Morgan fingerprint density at radius 3 is 2.23 bits per heavy atom. The van der Waals surface area contributed by atoms with E-state index in [1.165, 1.54) is 30.5 Å². The van der Waals surface area contributed by atoms with Crippen LogP contribution in [0.25, 0.3) is 0 Å². The van der Waals surface area contributed by atoms with Crippen LogP contribution in [0.2, 0.25) is 0 Å². The normalized spacial score (nSPS) is 11.0. The van der Waals surface area contributed by atoms with Crippen molar-refractivity contribution in [3.63, 3.8) is 0 Å². The maximum atomic E-state index is 10.9. The van der Waals surface area contributed by atoms with Gasteiger partial charge in [0.05, 0.1) is 10.6 Å². The van der Waals surface area contributed by atoms with Gasteiger partial charge in [-0.05, 0) is 50.1 Å². The predicted octanol–water partition coefficient (Wildman–Crippen LogP) is 5.04. The summed E-state index contributed by atoms with van der Waals surface area (Å²) in [6.45, 7) is 0. The summed E-state index contributed by atoms with van der Waals surface area (Å²) in [7, 11) is 0. The molecule has 0 spiro atoms. The molecule has 22 heavy (non-hydrogen) atoms. The lowest BCUT2D eigenvalue weighted by atomic mass is 10.2. The molecule has 0 saturated heterocycles. The topological polar surface area (TPSA) is 96.0 Å². The summed E-state index contributed by atoms with van der Waals surface area (Å²) >= 11 is 9.67. The maximum Gasteiger partial charge on any atom is 0.312 e. The first kappa shape index (κ1) is 16.9. The van der Waals surface area contributed by atoms with Crippen molar-refractivity contribution in [2.24, 2.45) is 4.99 Å². The zero-order valence-corrected chi connectivity index (χ0v) is 15.4. The molecule has 0 radical (unpaired) electrons. The van der Waals surface area contributed by atoms with Crippen LogP contribution >= 0.6 is 47.8 Å². The zero-order valence-electron chi connectivity index (χ0n) is 10.6. The van der Waals surface area contributed by atoms with E-state index in [2.05, 4.69) is 52.8 Å². The van der Waals surface area contributed by atoms with Gasteiger partial charge in [0.25, 0.3) is 0 Å². The van der Waals surface area contributed by atoms with Crippen molar-refractivity contribution in [3.8, 4) is 11.5 Å². The quantitative estimate of drug-likeness (QED) is 0.355. The number of nitro benzene ring substituents is 1. The van der Waals surface area contributed by atoms with Crippen molar-refractivity contribution in [1.82, 2.24) is 0 Å². The van der Waals surface area contributed by atoms with E-state index in [9.17, 15) is 20.3 Å². The Labute approximate surface area is 150 Å². The summed E-state index contributed by atoms with van der Waals surface area (Å²) in [6.07, 6.45) is 1.30. The van der Waals surface area contributed by atoms with E-state index in [1.54, 1.807) is 0 Å². The number of halogens is 3. The lowest BCUT2D eigenvalue weighted by molar-refractivity contribution is -0.385. The van der Waals surface area contributed by atoms with Crippen molar-refractivity contribution < 1.29 is 15.1 Å². The zero-order chi connectivity index (χ0) is 16.4. The third-order valence-electron chi connectivity index (χ3n) is 2.62. The Morgan fingerprint density at radius 2 is 1.68 bits per heavy atom. The number of benzene rings is 2. The van der Waals surface area contributed by atoms with Gasteiger partial charge in [-0.25, -0.2) is 0 Å². The van der Waals surface area contributed by atoms with Crippen LogP contribution in [-0.4, -0.2) is 21.4 Å². The number of nitrogens with zero attached hydrogens (tertiary/aromatic N) is 2. The molecule has 0 aliphatic rings. The highest BCUT2D eigenvalue weighted by molar-refractivity contribution is 9.11. The molecule has 0 atom stereocenters. The molecule has 0 fully saturated rings. The van der Waals surface area contributed by atoms with Crippen LogP contribution < -0.4 is 0 Å². The summed E-state index contributed by atoms with van der Waals surface area (Å²) in [5.74, 6) is -0.415. The van der Waals surface area contributed by atoms with Gasteiger partial charge in [0.1, 0.15) is 5.75 Å². The lowest BCUT2D eigenvalue weighted by Gasteiger charge is -2.04. The van der Waals surface area contributed by atoms with E-state index in [0.717, 1.165) is 0 Å². The maximum absolute atomic E-state index is 10.9. The minimum Gasteiger partial charge on any atom is -0.508 e. The number of aromatic hydroxyl groups is 2. The first-order chi connectivity index (χ1) is 10.3. The first-order valence-corrected chi connectivity index (χ1v) is 8.06. The van der Waals surface area contributed by atoms with Gasteiger partial charge in [0, 0.05) is 31.3 Å².